The Balaban J connectivity index is 1.94. The monoisotopic (exact) mass is 249 g/mol. The summed E-state index contributed by atoms with van der Waals surface area (Å²) in [5.41, 5.74) is 7.09. The Hall–Kier alpha value is -1.78. The lowest BCUT2D eigenvalue weighted by Crippen LogP contribution is -2.17. The molecule has 1 aromatic rings. The number of anilines is 2. The van der Waals surface area contributed by atoms with E-state index in [0.717, 1.165) is 12.2 Å². The van der Waals surface area contributed by atoms with Crippen LogP contribution in [0, 0.1) is 16.0 Å². The number of hydrogen-bond donors (Lipinski definition) is 2. The molecule has 1 aliphatic carbocycles. The number of nitrogens with two attached hydrogens (primary N) is 1. The lowest BCUT2D eigenvalue weighted by Gasteiger charge is -2.22. The standard InChI is InChI=1S/C13H19N3O2/c14-12-8-11(16(17)18)6-7-13(12)15-9-10-4-2-1-3-5-10/h6-8,10,15H,1-5,9,14H2. The van der Waals surface area contributed by atoms with Gasteiger partial charge < -0.3 is 11.1 Å². The Morgan fingerprint density at radius 1 is 1.33 bits per heavy atom. The summed E-state index contributed by atoms with van der Waals surface area (Å²) < 4.78 is 0. The van der Waals surface area contributed by atoms with E-state index in [1.807, 2.05) is 0 Å². The molecule has 0 spiro atoms. The predicted molar refractivity (Wildman–Crippen MR) is 72.6 cm³/mol. The number of nitrogens with one attached hydrogen (secondary N) is 1. The summed E-state index contributed by atoms with van der Waals surface area (Å²) in [7, 11) is 0. The van der Waals surface area contributed by atoms with Crippen molar-refractivity contribution in [2.75, 3.05) is 17.6 Å². The van der Waals surface area contributed by atoms with Crippen LogP contribution in [0.4, 0.5) is 17.1 Å². The molecular weight excluding hydrogens is 230 g/mol. The van der Waals surface area contributed by atoms with E-state index in [4.69, 9.17) is 5.73 Å². The molecule has 0 atom stereocenters. The summed E-state index contributed by atoms with van der Waals surface area (Å²) >= 11 is 0. The van der Waals surface area contributed by atoms with Gasteiger partial charge in [-0.1, -0.05) is 19.3 Å². The Labute approximate surface area is 107 Å². The zero-order chi connectivity index (χ0) is 13.0. The maximum atomic E-state index is 10.6. The van der Waals surface area contributed by atoms with Gasteiger partial charge >= 0.3 is 0 Å². The molecule has 0 unspecified atom stereocenters. The average Bonchev–Trinajstić information content (AvgIpc) is 2.38. The molecule has 1 aliphatic rings. The number of nitrogens with zero attached hydrogens (tertiary/aromatic N) is 1. The maximum absolute atomic E-state index is 10.6. The van der Waals surface area contributed by atoms with Crippen molar-refractivity contribution in [1.82, 2.24) is 0 Å². The fraction of sp³-hybridized carbons (Fsp3) is 0.538. The first kappa shape index (κ1) is 12.7. The van der Waals surface area contributed by atoms with Gasteiger partial charge in [-0.3, -0.25) is 10.1 Å². The molecule has 0 aromatic heterocycles. The van der Waals surface area contributed by atoms with E-state index in [9.17, 15) is 10.1 Å². The summed E-state index contributed by atoms with van der Waals surface area (Å²) in [4.78, 5) is 10.2. The van der Waals surface area contributed by atoms with E-state index in [2.05, 4.69) is 5.32 Å². The van der Waals surface area contributed by atoms with Crippen LogP contribution < -0.4 is 11.1 Å². The third-order valence-electron chi connectivity index (χ3n) is 3.55. The molecular formula is C13H19N3O2. The first-order chi connectivity index (χ1) is 8.66. The van der Waals surface area contributed by atoms with Crippen molar-refractivity contribution in [2.45, 2.75) is 32.1 Å². The van der Waals surface area contributed by atoms with Crippen molar-refractivity contribution < 1.29 is 4.92 Å². The molecule has 98 valence electrons. The van der Waals surface area contributed by atoms with E-state index >= 15 is 0 Å². The Kier molecular flexibility index (Phi) is 4.02. The highest BCUT2D eigenvalue weighted by Gasteiger charge is 2.14. The smallest absolute Gasteiger partial charge is 0.271 e. The largest absolute Gasteiger partial charge is 0.397 e. The van der Waals surface area contributed by atoms with E-state index in [1.165, 1.54) is 44.2 Å². The number of non-ortho nitro benzene ring substituents is 1. The number of nitrogen functional groups attached to an aromatic ring is 1. The Bertz CT molecular complexity index is 428. The van der Waals surface area contributed by atoms with Gasteiger partial charge in [0.05, 0.1) is 16.3 Å². The molecule has 0 saturated heterocycles. The second-order valence-corrected chi connectivity index (χ2v) is 4.91. The molecule has 0 aliphatic heterocycles. The van der Waals surface area contributed by atoms with Crippen molar-refractivity contribution in [2.24, 2.45) is 5.92 Å². The van der Waals surface area contributed by atoms with Crippen LogP contribution in [0.15, 0.2) is 18.2 Å². The topological polar surface area (TPSA) is 81.2 Å². The molecule has 5 heteroatoms. The van der Waals surface area contributed by atoms with Crippen LogP contribution in [0.1, 0.15) is 32.1 Å². The van der Waals surface area contributed by atoms with Crippen molar-refractivity contribution in [1.29, 1.82) is 0 Å². The molecule has 0 amide bonds. The fourth-order valence-electron chi connectivity index (χ4n) is 2.47. The second kappa shape index (κ2) is 5.71. The first-order valence-electron chi connectivity index (χ1n) is 6.44. The Morgan fingerprint density at radius 3 is 2.67 bits per heavy atom. The molecule has 0 bridgehead atoms. The van der Waals surface area contributed by atoms with Crippen molar-refractivity contribution in [3.05, 3.63) is 28.3 Å². The number of benzene rings is 1. The number of nitro benzene ring substituents is 1. The minimum Gasteiger partial charge on any atom is -0.397 e. The molecule has 5 nitrogen and oxygen atoms in total. The number of hydrogen-bond acceptors (Lipinski definition) is 4. The van der Waals surface area contributed by atoms with Crippen LogP contribution in [-0.4, -0.2) is 11.5 Å². The van der Waals surface area contributed by atoms with Gasteiger partial charge in [0.2, 0.25) is 0 Å². The van der Waals surface area contributed by atoms with Gasteiger partial charge in [0.15, 0.2) is 0 Å². The fourth-order valence-corrected chi connectivity index (χ4v) is 2.47. The zero-order valence-corrected chi connectivity index (χ0v) is 10.4. The van der Waals surface area contributed by atoms with Crippen molar-refractivity contribution >= 4 is 17.1 Å². The van der Waals surface area contributed by atoms with Gasteiger partial charge in [-0.2, -0.15) is 0 Å². The SMILES string of the molecule is Nc1cc([N+](=O)[O-])ccc1NCC1CCCCC1. The highest BCUT2D eigenvalue weighted by molar-refractivity contribution is 5.69. The summed E-state index contributed by atoms with van der Waals surface area (Å²) in [6.07, 6.45) is 6.49. The molecule has 2 rings (SSSR count). The first-order valence-corrected chi connectivity index (χ1v) is 6.44. The highest BCUT2D eigenvalue weighted by Crippen LogP contribution is 2.27. The Morgan fingerprint density at radius 2 is 2.06 bits per heavy atom. The molecule has 3 N–H and O–H groups in total. The van der Waals surface area contributed by atoms with Crippen LogP contribution in [0.2, 0.25) is 0 Å². The van der Waals surface area contributed by atoms with E-state index in [0.29, 0.717) is 11.6 Å². The van der Waals surface area contributed by atoms with E-state index in [-0.39, 0.29) is 5.69 Å². The minimum atomic E-state index is -0.429. The quantitative estimate of drug-likeness (QED) is 0.488. The van der Waals surface area contributed by atoms with Gasteiger partial charge in [-0.05, 0) is 24.8 Å². The summed E-state index contributed by atoms with van der Waals surface area (Å²) in [5.74, 6) is 0.702. The third-order valence-corrected chi connectivity index (χ3v) is 3.55. The predicted octanol–water partition coefficient (Wildman–Crippen LogP) is 3.17. The summed E-state index contributed by atoms with van der Waals surface area (Å²) in [6, 6.07) is 4.58. The van der Waals surface area contributed by atoms with Gasteiger partial charge in [0, 0.05) is 18.7 Å². The van der Waals surface area contributed by atoms with Crippen LogP contribution in [0.25, 0.3) is 0 Å². The zero-order valence-electron chi connectivity index (χ0n) is 10.4. The minimum absolute atomic E-state index is 0.0377. The lowest BCUT2D eigenvalue weighted by molar-refractivity contribution is -0.384. The summed E-state index contributed by atoms with van der Waals surface area (Å²) in [5, 5.41) is 13.9. The third kappa shape index (κ3) is 3.12. The number of rotatable bonds is 4. The molecule has 1 saturated carbocycles. The van der Waals surface area contributed by atoms with Crippen LogP contribution in [0.5, 0.6) is 0 Å². The van der Waals surface area contributed by atoms with Gasteiger partial charge in [0.25, 0.3) is 5.69 Å². The van der Waals surface area contributed by atoms with Crippen molar-refractivity contribution in [3.8, 4) is 0 Å². The van der Waals surface area contributed by atoms with E-state index < -0.39 is 4.92 Å². The van der Waals surface area contributed by atoms with Crippen LogP contribution in [-0.2, 0) is 0 Å². The van der Waals surface area contributed by atoms with Gasteiger partial charge in [-0.25, -0.2) is 0 Å². The molecule has 0 heterocycles. The maximum Gasteiger partial charge on any atom is 0.271 e. The van der Waals surface area contributed by atoms with Gasteiger partial charge in [-0.15, -0.1) is 0 Å². The molecule has 1 aromatic carbocycles. The van der Waals surface area contributed by atoms with E-state index in [1.54, 1.807) is 6.07 Å². The lowest BCUT2D eigenvalue weighted by atomic mass is 9.89. The molecule has 0 radical (unpaired) electrons. The van der Waals surface area contributed by atoms with Crippen LogP contribution >= 0.6 is 0 Å². The highest BCUT2D eigenvalue weighted by atomic mass is 16.6. The van der Waals surface area contributed by atoms with Gasteiger partial charge in [0.1, 0.15) is 0 Å². The average molecular weight is 249 g/mol. The van der Waals surface area contributed by atoms with Crippen LogP contribution in [0.3, 0.4) is 0 Å². The molecule has 1 fully saturated rings. The van der Waals surface area contributed by atoms with Crippen molar-refractivity contribution in [3.63, 3.8) is 0 Å². The number of nitro groups is 1. The normalized spacial score (nSPS) is 16.4. The molecule has 18 heavy (non-hydrogen) atoms. The summed E-state index contributed by atoms with van der Waals surface area (Å²) in [6.45, 7) is 0.905. The second-order valence-electron chi connectivity index (χ2n) is 4.91.